The first kappa shape index (κ1) is 23.6. The maximum Gasteiger partial charge on any atom is 0.410 e. The molecule has 0 unspecified atom stereocenters. The van der Waals surface area contributed by atoms with Crippen molar-refractivity contribution in [3.05, 3.63) is 22.5 Å². The SMILES string of the molecule is CCC1(c2c(C#N)c(Cl)c3cnc(N[C@@H]4CCN(C(=O)OC(C)(C)C)C[C@@H]4O)nn23)CCC1. The number of aliphatic hydroxyl groups is 1. The van der Waals surface area contributed by atoms with Crippen molar-refractivity contribution in [2.24, 2.45) is 0 Å². The number of nitriles is 1. The topological polar surface area (TPSA) is 116 Å². The van der Waals surface area contributed by atoms with Gasteiger partial charge in [-0.15, -0.1) is 5.10 Å². The first-order chi connectivity index (χ1) is 15.6. The Hall–Kier alpha value is -2.57. The van der Waals surface area contributed by atoms with Crippen LogP contribution in [0.4, 0.5) is 10.7 Å². The summed E-state index contributed by atoms with van der Waals surface area (Å²) in [4.78, 5) is 18.2. The van der Waals surface area contributed by atoms with E-state index in [1.54, 1.807) is 10.7 Å². The van der Waals surface area contributed by atoms with Gasteiger partial charge in [0, 0.05) is 12.0 Å². The summed E-state index contributed by atoms with van der Waals surface area (Å²) in [6.07, 6.45) is 4.90. The van der Waals surface area contributed by atoms with Gasteiger partial charge in [-0.2, -0.15) is 5.26 Å². The molecule has 0 radical (unpaired) electrons. The maximum absolute atomic E-state index is 12.3. The van der Waals surface area contributed by atoms with Gasteiger partial charge in [-0.25, -0.2) is 14.3 Å². The number of aliphatic hydroxyl groups excluding tert-OH is 1. The average molecular weight is 475 g/mol. The van der Waals surface area contributed by atoms with Gasteiger partial charge in [0.15, 0.2) is 0 Å². The van der Waals surface area contributed by atoms with Crippen molar-refractivity contribution in [3.63, 3.8) is 0 Å². The zero-order valence-electron chi connectivity index (χ0n) is 19.6. The summed E-state index contributed by atoms with van der Waals surface area (Å²) < 4.78 is 7.16. The normalized spacial score (nSPS) is 22.5. The molecule has 2 aromatic heterocycles. The van der Waals surface area contributed by atoms with E-state index in [4.69, 9.17) is 16.3 Å². The van der Waals surface area contributed by atoms with E-state index in [1.807, 2.05) is 20.8 Å². The Morgan fingerprint density at radius 2 is 2.18 bits per heavy atom. The zero-order chi connectivity index (χ0) is 24.0. The Morgan fingerprint density at radius 1 is 1.45 bits per heavy atom. The number of halogens is 1. The standard InChI is InChI=1S/C23H31ClN6O3/c1-5-23(8-6-9-23)19-14(11-25)18(24)16-12-26-20(28-30(16)19)27-15-7-10-29(13-17(15)31)21(32)33-22(2,3)4/h12,15,17,31H,5-10,13H2,1-4H3,(H,27,28)/t15-,17+/m1/s1. The van der Waals surface area contributed by atoms with Crippen LogP contribution in [0.25, 0.3) is 5.52 Å². The highest BCUT2D eigenvalue weighted by Gasteiger charge is 2.43. The number of likely N-dealkylation sites (tertiary alicyclic amines) is 1. The van der Waals surface area contributed by atoms with Crippen LogP contribution in [0.15, 0.2) is 6.20 Å². The highest BCUT2D eigenvalue weighted by molar-refractivity contribution is 6.35. The van der Waals surface area contributed by atoms with Crippen LogP contribution in [-0.2, 0) is 10.2 Å². The molecule has 9 nitrogen and oxygen atoms in total. The van der Waals surface area contributed by atoms with Crippen molar-refractivity contribution in [2.45, 2.75) is 83.0 Å². The van der Waals surface area contributed by atoms with E-state index < -0.39 is 17.8 Å². The number of piperidine rings is 1. The summed E-state index contributed by atoms with van der Waals surface area (Å²) >= 11 is 6.53. The lowest BCUT2D eigenvalue weighted by Crippen LogP contribution is -2.52. The number of amides is 1. The fourth-order valence-electron chi connectivity index (χ4n) is 4.79. The molecule has 1 aliphatic heterocycles. The quantitative estimate of drug-likeness (QED) is 0.690. The maximum atomic E-state index is 12.3. The second-order valence-electron chi connectivity index (χ2n) is 10.0. The van der Waals surface area contributed by atoms with Gasteiger partial charge in [0.05, 0.1) is 41.2 Å². The second kappa shape index (κ2) is 8.65. The fourth-order valence-corrected chi connectivity index (χ4v) is 5.05. The molecule has 178 valence electrons. The first-order valence-corrected chi connectivity index (χ1v) is 11.9. The Kier molecular flexibility index (Phi) is 6.18. The fraction of sp³-hybridized carbons (Fsp3) is 0.652. The third-order valence-corrected chi connectivity index (χ3v) is 7.16. The van der Waals surface area contributed by atoms with E-state index in [-0.39, 0.29) is 18.0 Å². The molecule has 1 saturated heterocycles. The van der Waals surface area contributed by atoms with Crippen molar-refractivity contribution < 1.29 is 14.6 Å². The van der Waals surface area contributed by atoms with Gasteiger partial charge in [0.2, 0.25) is 5.95 Å². The minimum absolute atomic E-state index is 0.106. The molecule has 0 spiro atoms. The number of carbonyl (C=O) groups excluding carboxylic acids is 1. The first-order valence-electron chi connectivity index (χ1n) is 11.5. The Bertz CT molecular complexity index is 1090. The van der Waals surface area contributed by atoms with E-state index in [1.165, 1.54) is 4.90 Å². The molecule has 0 aromatic carbocycles. The molecule has 2 N–H and O–H groups in total. The number of nitrogens with one attached hydrogen (secondary N) is 1. The predicted octanol–water partition coefficient (Wildman–Crippen LogP) is 3.87. The molecular weight excluding hydrogens is 444 g/mol. The largest absolute Gasteiger partial charge is 0.444 e. The summed E-state index contributed by atoms with van der Waals surface area (Å²) in [6, 6.07) is 1.95. The third kappa shape index (κ3) is 4.34. The van der Waals surface area contributed by atoms with Crippen LogP contribution in [-0.4, -0.2) is 61.5 Å². The number of rotatable bonds is 4. The molecule has 0 bridgehead atoms. The van der Waals surface area contributed by atoms with Crippen LogP contribution in [0.1, 0.15) is 71.1 Å². The van der Waals surface area contributed by atoms with Gasteiger partial charge >= 0.3 is 6.09 Å². The minimum Gasteiger partial charge on any atom is -0.444 e. The Balaban J connectivity index is 1.56. The van der Waals surface area contributed by atoms with Crippen molar-refractivity contribution in [1.29, 1.82) is 5.26 Å². The molecule has 2 aromatic rings. The lowest BCUT2D eigenvalue weighted by molar-refractivity contribution is 0.00112. The van der Waals surface area contributed by atoms with Crippen LogP contribution in [0.5, 0.6) is 0 Å². The summed E-state index contributed by atoms with van der Waals surface area (Å²) in [5.41, 5.74) is 1.23. The van der Waals surface area contributed by atoms with Crippen molar-refractivity contribution in [2.75, 3.05) is 18.4 Å². The van der Waals surface area contributed by atoms with Gasteiger partial charge < -0.3 is 20.1 Å². The number of anilines is 1. The second-order valence-corrected chi connectivity index (χ2v) is 10.4. The molecular formula is C23H31ClN6O3. The number of aromatic nitrogens is 3. The molecule has 2 aliphatic rings. The summed E-state index contributed by atoms with van der Waals surface area (Å²) in [6.45, 7) is 8.18. The molecule has 1 aliphatic carbocycles. The number of fused-ring (bicyclic) bond motifs is 1. The number of hydrogen-bond acceptors (Lipinski definition) is 7. The van der Waals surface area contributed by atoms with Gasteiger partial charge in [0.1, 0.15) is 17.2 Å². The van der Waals surface area contributed by atoms with Crippen LogP contribution < -0.4 is 5.32 Å². The highest BCUT2D eigenvalue weighted by atomic mass is 35.5. The number of ether oxygens (including phenoxy) is 1. The zero-order valence-corrected chi connectivity index (χ0v) is 20.3. The summed E-state index contributed by atoms with van der Waals surface area (Å²) in [5.74, 6) is 0.347. The molecule has 1 amide bonds. The van der Waals surface area contributed by atoms with Crippen molar-refractivity contribution in [3.8, 4) is 6.07 Å². The van der Waals surface area contributed by atoms with Crippen molar-refractivity contribution in [1.82, 2.24) is 19.5 Å². The number of β-amino-alcohol motifs (C(OH)–C–C–N with tert-alkyl or cyclic N) is 1. The number of nitrogens with zero attached hydrogens (tertiary/aromatic N) is 5. The Morgan fingerprint density at radius 3 is 2.73 bits per heavy atom. The van der Waals surface area contributed by atoms with Crippen LogP contribution in [0.2, 0.25) is 5.02 Å². The Labute approximate surface area is 198 Å². The third-order valence-electron chi connectivity index (χ3n) is 6.77. The van der Waals surface area contributed by atoms with E-state index in [0.717, 1.165) is 31.4 Å². The lowest BCUT2D eigenvalue weighted by Gasteiger charge is -2.41. The molecule has 3 heterocycles. The molecule has 2 atom stereocenters. The average Bonchev–Trinajstić information content (AvgIpc) is 2.99. The van der Waals surface area contributed by atoms with E-state index in [2.05, 4.69) is 28.4 Å². The van der Waals surface area contributed by atoms with Crippen molar-refractivity contribution >= 4 is 29.2 Å². The van der Waals surface area contributed by atoms with Crippen LogP contribution >= 0.6 is 11.6 Å². The molecule has 1 saturated carbocycles. The minimum atomic E-state index is -0.804. The van der Waals surface area contributed by atoms with Crippen LogP contribution in [0, 0.1) is 11.3 Å². The van der Waals surface area contributed by atoms with E-state index in [9.17, 15) is 15.2 Å². The van der Waals surface area contributed by atoms with E-state index in [0.29, 0.717) is 35.0 Å². The molecule has 2 fully saturated rings. The lowest BCUT2D eigenvalue weighted by atomic mass is 9.64. The summed E-state index contributed by atoms with van der Waals surface area (Å²) in [5, 5.41) is 28.7. The van der Waals surface area contributed by atoms with Gasteiger partial charge in [-0.1, -0.05) is 24.9 Å². The predicted molar refractivity (Wildman–Crippen MR) is 124 cm³/mol. The molecule has 33 heavy (non-hydrogen) atoms. The highest BCUT2D eigenvalue weighted by Crippen LogP contribution is 2.49. The van der Waals surface area contributed by atoms with Gasteiger partial charge in [-0.05, 0) is 46.5 Å². The number of carbonyl (C=O) groups is 1. The summed E-state index contributed by atoms with van der Waals surface area (Å²) in [7, 11) is 0. The number of hydrogen-bond donors (Lipinski definition) is 2. The molecule has 10 heteroatoms. The smallest absolute Gasteiger partial charge is 0.410 e. The van der Waals surface area contributed by atoms with E-state index >= 15 is 0 Å². The monoisotopic (exact) mass is 474 g/mol. The van der Waals surface area contributed by atoms with Crippen LogP contribution in [0.3, 0.4) is 0 Å². The van der Waals surface area contributed by atoms with Gasteiger partial charge in [-0.3, -0.25) is 0 Å². The molecule has 4 rings (SSSR count). The van der Waals surface area contributed by atoms with Gasteiger partial charge in [0.25, 0.3) is 0 Å².